The molecule has 1 aliphatic heterocycles. The summed E-state index contributed by atoms with van der Waals surface area (Å²) in [5, 5.41) is 20.3. The Balaban J connectivity index is 1.73. The summed E-state index contributed by atoms with van der Waals surface area (Å²) >= 11 is 0. The molecule has 0 radical (unpaired) electrons. The molecule has 0 amide bonds. The second kappa shape index (κ2) is 6.21. The van der Waals surface area contributed by atoms with Gasteiger partial charge in [-0.15, -0.1) is 0 Å². The Morgan fingerprint density at radius 2 is 2.03 bits per heavy atom. The number of aliphatic hydroxyl groups is 2. The Morgan fingerprint density at radius 3 is 2.76 bits per heavy atom. The predicted molar refractivity (Wildman–Crippen MR) is 99.1 cm³/mol. The fourth-order valence-electron chi connectivity index (χ4n) is 3.71. The number of alkyl halides is 2. The Kier molecular flexibility index (Phi) is 3.85. The van der Waals surface area contributed by atoms with E-state index in [1.54, 1.807) is 12.1 Å². The van der Waals surface area contributed by atoms with Gasteiger partial charge in [-0.3, -0.25) is 4.57 Å². The summed E-state index contributed by atoms with van der Waals surface area (Å²) in [6.07, 6.45) is -2.93. The lowest BCUT2D eigenvalue weighted by molar-refractivity contribution is -0.137. The zero-order valence-corrected chi connectivity index (χ0v) is 14.9. The van der Waals surface area contributed by atoms with Gasteiger partial charge in [0.05, 0.1) is 12.0 Å². The summed E-state index contributed by atoms with van der Waals surface area (Å²) in [6.45, 7) is -0.750. The van der Waals surface area contributed by atoms with Crippen molar-refractivity contribution in [3.63, 3.8) is 0 Å². The molecule has 5 rings (SSSR count). The monoisotopic (exact) mass is 402 g/mol. The molecule has 1 saturated heterocycles. The second-order valence-corrected chi connectivity index (χ2v) is 6.88. The van der Waals surface area contributed by atoms with Crippen LogP contribution in [-0.4, -0.2) is 49.5 Å². The predicted octanol–water partition coefficient (Wildman–Crippen LogP) is 2.31. The number of ether oxygens (including phenoxy) is 1. The van der Waals surface area contributed by atoms with E-state index >= 15 is 0 Å². The van der Waals surface area contributed by atoms with E-state index in [9.17, 15) is 19.0 Å². The molecule has 0 saturated carbocycles. The lowest BCUT2D eigenvalue weighted by atomic mass is 10.1. The van der Waals surface area contributed by atoms with Gasteiger partial charge in [0, 0.05) is 17.1 Å². The fraction of sp³-hybridized carbons (Fsp3) is 0.263. The Hall–Kier alpha value is -3.08. The number of halogens is 2. The summed E-state index contributed by atoms with van der Waals surface area (Å²) in [6, 6.07) is 9.08. The van der Waals surface area contributed by atoms with E-state index in [2.05, 4.69) is 9.97 Å². The highest BCUT2D eigenvalue weighted by Crippen LogP contribution is 2.46. The fourth-order valence-corrected chi connectivity index (χ4v) is 3.71. The number of nitrogens with two attached hydrogens (primary N) is 1. The third-order valence-corrected chi connectivity index (χ3v) is 5.14. The molecule has 1 aromatic carbocycles. The molecule has 0 spiro atoms. The number of furan rings is 1. The molecule has 1 fully saturated rings. The molecule has 3 atom stereocenters. The minimum atomic E-state index is -3.66. The summed E-state index contributed by atoms with van der Waals surface area (Å²) in [5.74, 6) is -3.17. The van der Waals surface area contributed by atoms with Crippen LogP contribution in [0.3, 0.4) is 0 Å². The van der Waals surface area contributed by atoms with Crippen LogP contribution in [0.1, 0.15) is 6.23 Å². The van der Waals surface area contributed by atoms with Crippen LogP contribution in [0.15, 0.2) is 47.3 Å². The highest BCUT2D eigenvalue weighted by Gasteiger charge is 2.59. The van der Waals surface area contributed by atoms with Crippen molar-refractivity contribution < 1.29 is 28.1 Å². The van der Waals surface area contributed by atoms with E-state index < -0.39 is 31.0 Å². The maximum absolute atomic E-state index is 14.7. The SMILES string of the molecule is Nc1ncnc2c1c(-c1cc3ccccc3o1)cn2[C@@H]1O[C@H](CO)[C@@H](O)C1(F)F. The standard InChI is InChI=1S/C19H16F2N4O4/c20-19(21)15(27)13(7-26)29-18(19)25-6-10(14-16(22)23-8-24-17(14)25)12-5-9-3-1-2-4-11(9)28-12/h1-6,8,13,15,18,26-27H,7H2,(H2,22,23,24)/t13-,15-,18-/m1/s1. The van der Waals surface area contributed by atoms with Crippen molar-refractivity contribution in [1.29, 1.82) is 0 Å². The lowest BCUT2D eigenvalue weighted by Gasteiger charge is -2.21. The summed E-state index contributed by atoms with van der Waals surface area (Å²) in [5.41, 5.74) is 7.16. The van der Waals surface area contributed by atoms with Gasteiger partial charge >= 0.3 is 5.92 Å². The van der Waals surface area contributed by atoms with Crippen molar-refractivity contribution >= 4 is 27.8 Å². The molecule has 4 aromatic rings. The molecule has 29 heavy (non-hydrogen) atoms. The van der Waals surface area contributed by atoms with Gasteiger partial charge in [-0.1, -0.05) is 18.2 Å². The van der Waals surface area contributed by atoms with Gasteiger partial charge in [-0.25, -0.2) is 9.97 Å². The normalized spacial score (nSPS) is 23.9. The van der Waals surface area contributed by atoms with Crippen LogP contribution in [0.4, 0.5) is 14.6 Å². The quantitative estimate of drug-likeness (QED) is 0.481. The van der Waals surface area contributed by atoms with Crippen LogP contribution in [0, 0.1) is 0 Å². The number of nitrogens with zero attached hydrogens (tertiary/aromatic N) is 3. The highest BCUT2D eigenvalue weighted by molar-refractivity contribution is 6.01. The molecule has 1 aliphatic rings. The molecule has 10 heteroatoms. The summed E-state index contributed by atoms with van der Waals surface area (Å²) < 4.78 is 41.7. The van der Waals surface area contributed by atoms with Crippen LogP contribution in [-0.2, 0) is 4.74 Å². The van der Waals surface area contributed by atoms with Crippen LogP contribution in [0.5, 0.6) is 0 Å². The number of aliphatic hydroxyl groups excluding tert-OH is 2. The topological polar surface area (TPSA) is 120 Å². The maximum Gasteiger partial charge on any atom is 0.320 e. The average Bonchev–Trinajstić information content (AvgIpc) is 3.35. The smallest absolute Gasteiger partial charge is 0.320 e. The molecule has 8 nitrogen and oxygen atoms in total. The Bertz CT molecular complexity index is 1190. The van der Waals surface area contributed by atoms with E-state index in [0.717, 1.165) is 16.3 Å². The first-order chi connectivity index (χ1) is 13.9. The van der Waals surface area contributed by atoms with Gasteiger partial charge in [-0.2, -0.15) is 8.78 Å². The van der Waals surface area contributed by atoms with Crippen LogP contribution in [0.25, 0.3) is 33.3 Å². The molecule has 3 aromatic heterocycles. The maximum atomic E-state index is 14.7. The lowest BCUT2D eigenvalue weighted by Crippen LogP contribution is -2.39. The summed E-state index contributed by atoms with van der Waals surface area (Å²) in [4.78, 5) is 8.06. The Labute approximate surface area is 162 Å². The largest absolute Gasteiger partial charge is 0.456 e. The first-order valence-electron chi connectivity index (χ1n) is 8.84. The molecule has 0 unspecified atom stereocenters. The van der Waals surface area contributed by atoms with Crippen molar-refractivity contribution in [1.82, 2.24) is 14.5 Å². The number of fused-ring (bicyclic) bond motifs is 2. The second-order valence-electron chi connectivity index (χ2n) is 6.88. The molecule has 0 aliphatic carbocycles. The zero-order chi connectivity index (χ0) is 20.3. The first-order valence-corrected chi connectivity index (χ1v) is 8.84. The third-order valence-electron chi connectivity index (χ3n) is 5.14. The van der Waals surface area contributed by atoms with Gasteiger partial charge in [-0.05, 0) is 12.1 Å². The van der Waals surface area contributed by atoms with Crippen LogP contribution >= 0.6 is 0 Å². The van der Waals surface area contributed by atoms with Gasteiger partial charge in [0.15, 0.2) is 6.10 Å². The minimum Gasteiger partial charge on any atom is -0.456 e. The van der Waals surface area contributed by atoms with Crippen LogP contribution < -0.4 is 5.73 Å². The minimum absolute atomic E-state index is 0.0878. The first kappa shape index (κ1) is 18.0. The number of benzene rings is 1. The van der Waals surface area contributed by atoms with Crippen molar-refractivity contribution in [3.05, 3.63) is 42.9 Å². The van der Waals surface area contributed by atoms with Gasteiger partial charge in [0.1, 0.15) is 35.2 Å². The van der Waals surface area contributed by atoms with Crippen molar-refractivity contribution in [3.8, 4) is 11.3 Å². The highest BCUT2D eigenvalue weighted by atomic mass is 19.3. The average molecular weight is 402 g/mol. The number of para-hydroxylation sites is 1. The summed E-state index contributed by atoms with van der Waals surface area (Å²) in [7, 11) is 0. The van der Waals surface area contributed by atoms with Gasteiger partial charge < -0.3 is 25.1 Å². The number of aromatic nitrogens is 3. The van der Waals surface area contributed by atoms with E-state index in [0.29, 0.717) is 22.3 Å². The number of anilines is 1. The van der Waals surface area contributed by atoms with Gasteiger partial charge in [0.25, 0.3) is 0 Å². The van der Waals surface area contributed by atoms with E-state index in [-0.39, 0.29) is 11.5 Å². The molecule has 0 bridgehead atoms. The molecule has 150 valence electrons. The van der Waals surface area contributed by atoms with Crippen molar-refractivity contribution in [2.24, 2.45) is 0 Å². The molecular weight excluding hydrogens is 386 g/mol. The van der Waals surface area contributed by atoms with E-state index in [4.69, 9.17) is 14.9 Å². The number of hydrogen-bond acceptors (Lipinski definition) is 7. The van der Waals surface area contributed by atoms with Crippen LogP contribution in [0.2, 0.25) is 0 Å². The Morgan fingerprint density at radius 1 is 1.24 bits per heavy atom. The molecular formula is C19H16F2N4O4. The van der Waals surface area contributed by atoms with Crippen molar-refractivity contribution in [2.45, 2.75) is 24.4 Å². The molecule has 4 heterocycles. The number of rotatable bonds is 3. The van der Waals surface area contributed by atoms with Crippen molar-refractivity contribution in [2.75, 3.05) is 12.3 Å². The third kappa shape index (κ3) is 2.53. The van der Waals surface area contributed by atoms with E-state index in [1.165, 1.54) is 6.20 Å². The number of nitrogen functional groups attached to an aromatic ring is 1. The van der Waals surface area contributed by atoms with E-state index in [1.807, 2.05) is 18.2 Å². The molecule has 4 N–H and O–H groups in total. The van der Waals surface area contributed by atoms with Gasteiger partial charge in [0.2, 0.25) is 6.23 Å². The zero-order valence-electron chi connectivity index (χ0n) is 14.9. The number of hydrogen-bond donors (Lipinski definition) is 3.